The van der Waals surface area contributed by atoms with Crippen LogP contribution in [0.3, 0.4) is 0 Å². The molecule has 168 valence electrons. The fraction of sp³-hybridized carbons (Fsp3) is 0.261. The summed E-state index contributed by atoms with van der Waals surface area (Å²) < 4.78 is 9.11. The maximum absolute atomic E-state index is 12.8. The van der Waals surface area contributed by atoms with Crippen LogP contribution in [0.25, 0.3) is 16.9 Å². The number of hydrogen-bond acceptors (Lipinski definition) is 7. The second-order valence-electron chi connectivity index (χ2n) is 7.64. The van der Waals surface area contributed by atoms with Crippen LogP contribution in [0.2, 0.25) is 0 Å². The average molecular weight is 462 g/mol. The molecule has 9 nitrogen and oxygen atoms in total. The molecule has 2 aromatic heterocycles. The van der Waals surface area contributed by atoms with Gasteiger partial charge < -0.3 is 10.1 Å². The van der Waals surface area contributed by atoms with E-state index in [1.807, 2.05) is 66.7 Å². The molecule has 10 heteroatoms. The average Bonchev–Trinajstić information content (AvgIpc) is 3.61. The summed E-state index contributed by atoms with van der Waals surface area (Å²) in [6, 6.07) is 21.5. The Morgan fingerprint density at radius 1 is 1.12 bits per heavy atom. The van der Waals surface area contributed by atoms with Gasteiger partial charge in [0.1, 0.15) is 5.82 Å². The number of para-hydroxylation sites is 1. The van der Waals surface area contributed by atoms with Crippen molar-refractivity contribution in [3.8, 4) is 16.9 Å². The standard InChI is InChI=1S/C23H23N7O2S/c31-22(16-33-23-25-27-28-29(23)15-19-12-7-13-32-19)24-21-14-20(17-8-3-1-4-9-17)26-30(21)18-10-5-2-6-11-18/h1-6,8-11,14,19H,7,12-13,15-16H2,(H,24,31)/t19-/m1/s1. The molecule has 0 radical (unpaired) electrons. The zero-order valence-corrected chi connectivity index (χ0v) is 18.7. The second kappa shape index (κ2) is 9.97. The Labute approximate surface area is 195 Å². The number of nitrogens with one attached hydrogen (secondary N) is 1. The molecule has 2 aromatic carbocycles. The van der Waals surface area contributed by atoms with Gasteiger partial charge in [-0.05, 0) is 35.4 Å². The fourth-order valence-corrected chi connectivity index (χ4v) is 4.38. The number of hydrogen-bond donors (Lipinski definition) is 1. The topological polar surface area (TPSA) is 99.8 Å². The lowest BCUT2D eigenvalue weighted by Crippen LogP contribution is -2.19. The molecular weight excluding hydrogens is 438 g/mol. The van der Waals surface area contributed by atoms with Gasteiger partial charge >= 0.3 is 0 Å². The largest absolute Gasteiger partial charge is 0.376 e. The number of benzene rings is 2. The summed E-state index contributed by atoms with van der Waals surface area (Å²) in [4.78, 5) is 12.8. The van der Waals surface area contributed by atoms with E-state index in [4.69, 9.17) is 9.84 Å². The quantitative estimate of drug-likeness (QED) is 0.401. The van der Waals surface area contributed by atoms with Crippen molar-refractivity contribution < 1.29 is 9.53 Å². The summed E-state index contributed by atoms with van der Waals surface area (Å²) in [6.07, 6.45) is 2.17. The van der Waals surface area contributed by atoms with Crippen molar-refractivity contribution in [2.75, 3.05) is 17.7 Å². The highest BCUT2D eigenvalue weighted by Crippen LogP contribution is 2.25. The SMILES string of the molecule is O=C(CSc1nnnn1C[C@H]1CCCO1)Nc1cc(-c2ccccc2)nn1-c1ccccc1. The molecule has 0 saturated carbocycles. The zero-order chi connectivity index (χ0) is 22.5. The molecule has 1 atom stereocenters. The Morgan fingerprint density at radius 3 is 2.67 bits per heavy atom. The van der Waals surface area contributed by atoms with Crippen molar-refractivity contribution in [1.82, 2.24) is 30.0 Å². The normalized spacial score (nSPS) is 15.6. The van der Waals surface area contributed by atoms with Crippen LogP contribution >= 0.6 is 11.8 Å². The number of carbonyl (C=O) groups excluding carboxylic acids is 1. The van der Waals surface area contributed by atoms with E-state index in [2.05, 4.69) is 20.8 Å². The molecule has 0 aliphatic carbocycles. The number of amides is 1. The number of ether oxygens (including phenoxy) is 1. The first-order valence-electron chi connectivity index (χ1n) is 10.8. The first-order chi connectivity index (χ1) is 16.3. The highest BCUT2D eigenvalue weighted by molar-refractivity contribution is 7.99. The maximum Gasteiger partial charge on any atom is 0.236 e. The summed E-state index contributed by atoms with van der Waals surface area (Å²) >= 11 is 1.30. The van der Waals surface area contributed by atoms with E-state index in [-0.39, 0.29) is 17.8 Å². The smallest absolute Gasteiger partial charge is 0.236 e. The summed E-state index contributed by atoms with van der Waals surface area (Å²) in [7, 11) is 0. The van der Waals surface area contributed by atoms with Gasteiger partial charge in [-0.15, -0.1) is 5.10 Å². The van der Waals surface area contributed by atoms with Gasteiger partial charge in [-0.2, -0.15) is 5.10 Å². The monoisotopic (exact) mass is 461 g/mol. The number of carbonyl (C=O) groups is 1. The lowest BCUT2D eigenvalue weighted by atomic mass is 10.2. The summed E-state index contributed by atoms with van der Waals surface area (Å²) in [5.41, 5.74) is 2.62. The van der Waals surface area contributed by atoms with Gasteiger partial charge in [-0.1, -0.05) is 60.3 Å². The van der Waals surface area contributed by atoms with Crippen molar-refractivity contribution in [3.05, 3.63) is 66.7 Å². The van der Waals surface area contributed by atoms with E-state index < -0.39 is 0 Å². The van der Waals surface area contributed by atoms with Gasteiger partial charge in [0, 0.05) is 18.2 Å². The van der Waals surface area contributed by atoms with Crippen LogP contribution in [0.4, 0.5) is 5.82 Å². The summed E-state index contributed by atoms with van der Waals surface area (Å²) in [6.45, 7) is 1.37. The van der Waals surface area contributed by atoms with Gasteiger partial charge in [0.25, 0.3) is 0 Å². The maximum atomic E-state index is 12.8. The van der Waals surface area contributed by atoms with Gasteiger partial charge in [-0.3, -0.25) is 4.79 Å². The summed E-state index contributed by atoms with van der Waals surface area (Å²) in [5.74, 6) is 0.611. The molecule has 5 rings (SSSR count). The minimum atomic E-state index is -0.164. The predicted octanol–water partition coefficient (Wildman–Crippen LogP) is 3.44. The molecule has 3 heterocycles. The number of anilines is 1. The van der Waals surface area contributed by atoms with E-state index in [9.17, 15) is 4.79 Å². The van der Waals surface area contributed by atoms with Crippen molar-refractivity contribution in [3.63, 3.8) is 0 Å². The molecule has 1 fully saturated rings. The molecule has 33 heavy (non-hydrogen) atoms. The van der Waals surface area contributed by atoms with Crippen LogP contribution in [0, 0.1) is 0 Å². The van der Waals surface area contributed by atoms with Gasteiger partial charge in [0.2, 0.25) is 11.1 Å². The molecule has 1 N–H and O–H groups in total. The van der Waals surface area contributed by atoms with E-state index in [0.717, 1.165) is 36.4 Å². The highest BCUT2D eigenvalue weighted by Gasteiger charge is 2.20. The molecule has 1 saturated heterocycles. The molecular formula is C23H23N7O2S. The molecule has 4 aromatic rings. The third-order valence-corrected chi connectivity index (χ3v) is 6.24. The highest BCUT2D eigenvalue weighted by atomic mass is 32.2. The molecule has 0 spiro atoms. The Balaban J connectivity index is 1.30. The number of thioether (sulfide) groups is 1. The number of rotatable bonds is 8. The Hall–Kier alpha value is -3.50. The van der Waals surface area contributed by atoms with Crippen LogP contribution in [-0.2, 0) is 16.1 Å². The van der Waals surface area contributed by atoms with E-state index in [0.29, 0.717) is 17.5 Å². The van der Waals surface area contributed by atoms with Gasteiger partial charge in [-0.25, -0.2) is 9.36 Å². The van der Waals surface area contributed by atoms with Crippen LogP contribution in [0.5, 0.6) is 0 Å². The second-order valence-corrected chi connectivity index (χ2v) is 8.59. The molecule has 0 unspecified atom stereocenters. The molecule has 1 aliphatic rings. The Kier molecular flexibility index (Phi) is 6.45. The molecule has 0 bridgehead atoms. The first kappa shape index (κ1) is 21.4. The minimum absolute atomic E-state index is 0.123. The van der Waals surface area contributed by atoms with Crippen molar-refractivity contribution in [2.24, 2.45) is 0 Å². The van der Waals surface area contributed by atoms with Crippen molar-refractivity contribution in [1.29, 1.82) is 0 Å². The third kappa shape index (κ3) is 5.12. The van der Waals surface area contributed by atoms with E-state index in [1.54, 1.807) is 9.36 Å². The molecule has 1 amide bonds. The zero-order valence-electron chi connectivity index (χ0n) is 17.9. The van der Waals surface area contributed by atoms with Crippen LogP contribution in [-0.4, -0.2) is 54.4 Å². The Bertz CT molecular complexity index is 1200. The Morgan fingerprint density at radius 2 is 1.91 bits per heavy atom. The van der Waals surface area contributed by atoms with E-state index in [1.165, 1.54) is 11.8 Å². The number of tetrazole rings is 1. The van der Waals surface area contributed by atoms with Crippen molar-refractivity contribution in [2.45, 2.75) is 30.6 Å². The number of aromatic nitrogens is 6. The van der Waals surface area contributed by atoms with Gasteiger partial charge in [0.15, 0.2) is 0 Å². The van der Waals surface area contributed by atoms with Crippen molar-refractivity contribution >= 4 is 23.5 Å². The third-order valence-electron chi connectivity index (χ3n) is 5.28. The van der Waals surface area contributed by atoms with Gasteiger partial charge in [0.05, 0.1) is 29.8 Å². The lowest BCUT2D eigenvalue weighted by Gasteiger charge is -2.10. The lowest BCUT2D eigenvalue weighted by molar-refractivity contribution is -0.113. The number of nitrogens with zero attached hydrogens (tertiary/aromatic N) is 6. The fourth-order valence-electron chi connectivity index (χ4n) is 3.69. The predicted molar refractivity (Wildman–Crippen MR) is 125 cm³/mol. The van der Waals surface area contributed by atoms with Crippen LogP contribution < -0.4 is 5.32 Å². The molecule has 1 aliphatic heterocycles. The van der Waals surface area contributed by atoms with Crippen LogP contribution in [0.1, 0.15) is 12.8 Å². The minimum Gasteiger partial charge on any atom is -0.376 e. The summed E-state index contributed by atoms with van der Waals surface area (Å²) in [5, 5.41) is 20.2. The first-order valence-corrected chi connectivity index (χ1v) is 11.8. The van der Waals surface area contributed by atoms with E-state index >= 15 is 0 Å². The van der Waals surface area contributed by atoms with Crippen LogP contribution in [0.15, 0.2) is 71.9 Å².